The minimum atomic E-state index is -0.0308. The van der Waals surface area contributed by atoms with Gasteiger partial charge in [0.25, 0.3) is 0 Å². The maximum Gasteiger partial charge on any atom is 0.318 e. The fourth-order valence-electron chi connectivity index (χ4n) is 3.43. The largest absolute Gasteiger partial charge is 0.359 e. The zero-order chi connectivity index (χ0) is 18.0. The number of rotatable bonds is 5. The number of aromatic nitrogens is 3. The van der Waals surface area contributed by atoms with Crippen molar-refractivity contribution in [1.29, 1.82) is 0 Å². The monoisotopic (exact) mass is 345 g/mol. The van der Waals surface area contributed by atoms with Crippen molar-refractivity contribution in [3.8, 4) is 0 Å². The van der Waals surface area contributed by atoms with Crippen LogP contribution in [0, 0.1) is 26.7 Å². The predicted octanol–water partition coefficient (Wildman–Crippen LogP) is 2.98. The van der Waals surface area contributed by atoms with Gasteiger partial charge in [0.2, 0.25) is 0 Å². The Morgan fingerprint density at radius 2 is 2.16 bits per heavy atom. The molecule has 0 bridgehead atoms. The number of amides is 2. The first kappa shape index (κ1) is 17.5. The molecule has 0 radical (unpaired) electrons. The predicted molar refractivity (Wildman–Crippen MR) is 94.2 cm³/mol. The van der Waals surface area contributed by atoms with Gasteiger partial charge in [0, 0.05) is 31.4 Å². The Hall–Kier alpha value is -2.31. The standard InChI is InChI=1S/C18H27N5O2/c1-12(11-23-15(4)8-13(2)20-23)10-19-18(24)22-7-5-6-16(22)17-9-14(3)21-25-17/h8-9,12,16H,5-7,10-11H2,1-4H3,(H,19,24). The molecule has 0 aromatic carbocycles. The van der Waals surface area contributed by atoms with Gasteiger partial charge < -0.3 is 14.7 Å². The van der Waals surface area contributed by atoms with E-state index in [0.717, 1.165) is 48.8 Å². The van der Waals surface area contributed by atoms with Crippen LogP contribution in [0.4, 0.5) is 4.79 Å². The van der Waals surface area contributed by atoms with Crippen LogP contribution in [-0.2, 0) is 6.54 Å². The number of nitrogens with zero attached hydrogens (tertiary/aromatic N) is 4. The van der Waals surface area contributed by atoms with Crippen LogP contribution < -0.4 is 5.32 Å². The van der Waals surface area contributed by atoms with Crippen LogP contribution in [0.5, 0.6) is 0 Å². The van der Waals surface area contributed by atoms with Crippen molar-refractivity contribution in [1.82, 2.24) is 25.2 Å². The van der Waals surface area contributed by atoms with E-state index >= 15 is 0 Å². The van der Waals surface area contributed by atoms with Gasteiger partial charge in [-0.25, -0.2) is 4.79 Å². The van der Waals surface area contributed by atoms with E-state index in [1.165, 1.54) is 0 Å². The fourth-order valence-corrected chi connectivity index (χ4v) is 3.43. The van der Waals surface area contributed by atoms with Crippen molar-refractivity contribution >= 4 is 6.03 Å². The van der Waals surface area contributed by atoms with E-state index in [-0.39, 0.29) is 12.1 Å². The topological polar surface area (TPSA) is 76.2 Å². The summed E-state index contributed by atoms with van der Waals surface area (Å²) in [6, 6.07) is 3.95. The normalized spacial score (nSPS) is 18.6. The highest BCUT2D eigenvalue weighted by atomic mass is 16.5. The Balaban J connectivity index is 1.54. The summed E-state index contributed by atoms with van der Waals surface area (Å²) in [5.74, 6) is 1.08. The Morgan fingerprint density at radius 3 is 2.80 bits per heavy atom. The van der Waals surface area contributed by atoms with Gasteiger partial charge in [-0.3, -0.25) is 4.68 Å². The number of hydrogen-bond acceptors (Lipinski definition) is 4. The van der Waals surface area contributed by atoms with E-state index in [9.17, 15) is 4.79 Å². The second kappa shape index (κ2) is 7.29. The van der Waals surface area contributed by atoms with Gasteiger partial charge in [-0.15, -0.1) is 0 Å². The molecule has 2 unspecified atom stereocenters. The van der Waals surface area contributed by atoms with E-state index in [1.807, 2.05) is 29.5 Å². The van der Waals surface area contributed by atoms with Crippen LogP contribution in [0.15, 0.2) is 16.7 Å². The lowest BCUT2D eigenvalue weighted by atomic mass is 10.1. The lowest BCUT2D eigenvalue weighted by molar-refractivity contribution is 0.180. The third kappa shape index (κ3) is 4.03. The van der Waals surface area contributed by atoms with E-state index in [1.54, 1.807) is 0 Å². The molecule has 2 atom stereocenters. The van der Waals surface area contributed by atoms with Gasteiger partial charge in [-0.1, -0.05) is 12.1 Å². The first-order chi connectivity index (χ1) is 11.9. The van der Waals surface area contributed by atoms with E-state index in [4.69, 9.17) is 4.52 Å². The van der Waals surface area contributed by atoms with Gasteiger partial charge in [-0.05, 0) is 45.6 Å². The molecule has 2 amide bonds. The SMILES string of the molecule is Cc1cc(C2CCCN2C(=O)NCC(C)Cn2nc(C)cc2C)on1. The van der Waals surface area contributed by atoms with Crippen LogP contribution in [0.3, 0.4) is 0 Å². The van der Waals surface area contributed by atoms with Gasteiger partial charge in [-0.2, -0.15) is 5.10 Å². The summed E-state index contributed by atoms with van der Waals surface area (Å²) in [7, 11) is 0. The summed E-state index contributed by atoms with van der Waals surface area (Å²) in [5.41, 5.74) is 3.02. The average molecular weight is 345 g/mol. The molecular weight excluding hydrogens is 318 g/mol. The summed E-state index contributed by atoms with van der Waals surface area (Å²) >= 11 is 0. The molecule has 136 valence electrons. The van der Waals surface area contributed by atoms with E-state index in [2.05, 4.69) is 35.5 Å². The van der Waals surface area contributed by atoms with Crippen molar-refractivity contribution in [3.63, 3.8) is 0 Å². The Labute approximate surface area is 148 Å². The maximum absolute atomic E-state index is 12.6. The number of nitrogens with one attached hydrogen (secondary N) is 1. The Morgan fingerprint density at radius 1 is 1.36 bits per heavy atom. The molecule has 0 spiro atoms. The smallest absolute Gasteiger partial charge is 0.318 e. The molecule has 2 aromatic heterocycles. The van der Waals surface area contributed by atoms with Crippen LogP contribution in [0.2, 0.25) is 0 Å². The molecule has 1 fully saturated rings. The zero-order valence-electron chi connectivity index (χ0n) is 15.5. The lowest BCUT2D eigenvalue weighted by Gasteiger charge is -2.24. The van der Waals surface area contributed by atoms with E-state index in [0.29, 0.717) is 12.5 Å². The fraction of sp³-hybridized carbons (Fsp3) is 0.611. The number of aryl methyl sites for hydroxylation is 3. The molecule has 25 heavy (non-hydrogen) atoms. The summed E-state index contributed by atoms with van der Waals surface area (Å²) in [6.07, 6.45) is 1.91. The highest BCUT2D eigenvalue weighted by Crippen LogP contribution is 2.32. The molecular formula is C18H27N5O2. The van der Waals surface area contributed by atoms with Gasteiger partial charge in [0.15, 0.2) is 5.76 Å². The van der Waals surface area contributed by atoms with Gasteiger partial charge in [0.05, 0.1) is 17.4 Å². The van der Waals surface area contributed by atoms with Crippen LogP contribution in [0.1, 0.15) is 48.6 Å². The highest BCUT2D eigenvalue weighted by molar-refractivity contribution is 5.75. The van der Waals surface area contributed by atoms with Gasteiger partial charge in [0.1, 0.15) is 0 Å². The highest BCUT2D eigenvalue weighted by Gasteiger charge is 2.32. The van der Waals surface area contributed by atoms with Crippen LogP contribution in [0.25, 0.3) is 0 Å². The molecule has 0 aliphatic carbocycles. The Bertz CT molecular complexity index is 736. The average Bonchev–Trinajstić information content (AvgIpc) is 3.26. The van der Waals surface area contributed by atoms with Crippen molar-refractivity contribution < 1.29 is 9.32 Å². The molecule has 7 nitrogen and oxygen atoms in total. The van der Waals surface area contributed by atoms with Crippen molar-refractivity contribution in [2.45, 2.75) is 53.1 Å². The van der Waals surface area contributed by atoms with Crippen LogP contribution >= 0.6 is 0 Å². The summed E-state index contributed by atoms with van der Waals surface area (Å²) in [5, 5.41) is 11.5. The van der Waals surface area contributed by atoms with Crippen LogP contribution in [-0.4, -0.2) is 39.0 Å². The number of carbonyl (C=O) groups is 1. The minimum absolute atomic E-state index is 0.00693. The molecule has 1 aliphatic heterocycles. The number of likely N-dealkylation sites (tertiary alicyclic amines) is 1. The summed E-state index contributed by atoms with van der Waals surface area (Å²) in [6.45, 7) is 10.2. The third-order valence-electron chi connectivity index (χ3n) is 4.68. The maximum atomic E-state index is 12.6. The number of hydrogen-bond donors (Lipinski definition) is 1. The first-order valence-electron chi connectivity index (χ1n) is 8.92. The summed E-state index contributed by atoms with van der Waals surface area (Å²) in [4.78, 5) is 14.5. The quantitative estimate of drug-likeness (QED) is 0.904. The molecule has 3 heterocycles. The molecule has 2 aromatic rings. The minimum Gasteiger partial charge on any atom is -0.359 e. The molecule has 1 saturated heterocycles. The van der Waals surface area contributed by atoms with E-state index < -0.39 is 0 Å². The molecule has 7 heteroatoms. The van der Waals surface area contributed by atoms with Crippen molar-refractivity contribution in [3.05, 3.63) is 35.0 Å². The molecule has 0 saturated carbocycles. The third-order valence-corrected chi connectivity index (χ3v) is 4.68. The number of urea groups is 1. The molecule has 1 aliphatic rings. The first-order valence-corrected chi connectivity index (χ1v) is 8.92. The zero-order valence-corrected chi connectivity index (χ0v) is 15.5. The molecule has 1 N–H and O–H groups in total. The molecule has 3 rings (SSSR count). The second-order valence-corrected chi connectivity index (χ2v) is 7.12. The van der Waals surface area contributed by atoms with Gasteiger partial charge >= 0.3 is 6.03 Å². The Kier molecular flexibility index (Phi) is 5.11. The lowest BCUT2D eigenvalue weighted by Crippen LogP contribution is -2.41. The van der Waals surface area contributed by atoms with Crippen molar-refractivity contribution in [2.24, 2.45) is 5.92 Å². The number of carbonyl (C=O) groups excluding carboxylic acids is 1. The second-order valence-electron chi connectivity index (χ2n) is 7.12. The summed E-state index contributed by atoms with van der Waals surface area (Å²) < 4.78 is 7.37. The van der Waals surface area contributed by atoms with Crippen molar-refractivity contribution in [2.75, 3.05) is 13.1 Å².